The fourth-order valence-corrected chi connectivity index (χ4v) is 3.73. The predicted molar refractivity (Wildman–Crippen MR) is 99.6 cm³/mol. The number of rotatable bonds is 4. The summed E-state index contributed by atoms with van der Waals surface area (Å²) in [6.45, 7) is 3.22. The van der Waals surface area contributed by atoms with Gasteiger partial charge in [0, 0.05) is 24.0 Å². The SMILES string of the molecule is CC#Cc1oc2c(N[C@@H]3CCN(C)C[C@H]3F)cccc2c1CC1CC1. The summed E-state index contributed by atoms with van der Waals surface area (Å²) in [5.74, 6) is 7.62. The minimum atomic E-state index is -0.871. The van der Waals surface area contributed by atoms with E-state index in [1.54, 1.807) is 0 Å². The number of alkyl halides is 1. The van der Waals surface area contributed by atoms with Gasteiger partial charge in [0.2, 0.25) is 0 Å². The number of piperidine rings is 1. The van der Waals surface area contributed by atoms with Crippen molar-refractivity contribution in [1.29, 1.82) is 0 Å². The van der Waals surface area contributed by atoms with Crippen LogP contribution < -0.4 is 5.32 Å². The summed E-state index contributed by atoms with van der Waals surface area (Å²) in [5.41, 5.74) is 2.92. The first-order valence-corrected chi connectivity index (χ1v) is 9.22. The van der Waals surface area contributed by atoms with E-state index in [0.29, 0.717) is 6.54 Å². The number of likely N-dealkylation sites (tertiary alicyclic amines) is 1. The van der Waals surface area contributed by atoms with Crippen molar-refractivity contribution in [3.63, 3.8) is 0 Å². The maximum Gasteiger partial charge on any atom is 0.181 e. The topological polar surface area (TPSA) is 28.4 Å². The second-order valence-corrected chi connectivity index (χ2v) is 7.43. The quantitative estimate of drug-likeness (QED) is 0.845. The van der Waals surface area contributed by atoms with Crippen LogP contribution in [0.4, 0.5) is 10.1 Å². The maximum absolute atomic E-state index is 14.4. The number of benzene rings is 1. The first-order chi connectivity index (χ1) is 12.2. The lowest BCUT2D eigenvalue weighted by atomic mass is 10.0. The molecule has 0 radical (unpaired) electrons. The molecule has 2 atom stereocenters. The van der Waals surface area contributed by atoms with Crippen molar-refractivity contribution >= 4 is 16.7 Å². The van der Waals surface area contributed by atoms with Crippen LogP contribution in [0.25, 0.3) is 11.0 Å². The number of halogens is 1. The second kappa shape index (κ2) is 6.72. The maximum atomic E-state index is 14.4. The normalized spacial score (nSPS) is 24.1. The summed E-state index contributed by atoms with van der Waals surface area (Å²) in [6, 6.07) is 5.95. The molecule has 1 aliphatic carbocycles. The molecule has 0 amide bonds. The molecule has 2 aliphatic rings. The predicted octanol–water partition coefficient (Wildman–Crippen LogP) is 4.21. The summed E-state index contributed by atoms with van der Waals surface area (Å²) in [5, 5.41) is 4.53. The Kier molecular flexibility index (Phi) is 4.43. The Hall–Kier alpha value is -1.99. The van der Waals surface area contributed by atoms with Crippen molar-refractivity contribution in [2.75, 3.05) is 25.5 Å². The highest BCUT2D eigenvalue weighted by molar-refractivity contribution is 5.93. The highest BCUT2D eigenvalue weighted by atomic mass is 19.1. The Bertz CT molecular complexity index is 828. The molecule has 0 bridgehead atoms. The van der Waals surface area contributed by atoms with Gasteiger partial charge in [0.05, 0.1) is 11.7 Å². The Morgan fingerprint density at radius 1 is 1.32 bits per heavy atom. The van der Waals surface area contributed by atoms with Gasteiger partial charge in [0.15, 0.2) is 11.3 Å². The molecular weight excluding hydrogens is 315 g/mol. The van der Waals surface area contributed by atoms with Gasteiger partial charge in [-0.1, -0.05) is 18.1 Å². The summed E-state index contributed by atoms with van der Waals surface area (Å²) in [4.78, 5) is 2.04. The van der Waals surface area contributed by atoms with Gasteiger partial charge in [-0.25, -0.2) is 4.39 Å². The molecule has 1 saturated carbocycles. The average molecular weight is 340 g/mol. The van der Waals surface area contributed by atoms with Crippen LogP contribution in [0.3, 0.4) is 0 Å². The van der Waals surface area contributed by atoms with Gasteiger partial charge in [-0.3, -0.25) is 0 Å². The molecule has 4 heteroatoms. The molecule has 1 aliphatic heterocycles. The molecule has 1 aromatic carbocycles. The van der Waals surface area contributed by atoms with Crippen LogP contribution >= 0.6 is 0 Å². The van der Waals surface area contributed by atoms with Crippen molar-refractivity contribution in [2.45, 2.75) is 44.8 Å². The third-order valence-electron chi connectivity index (χ3n) is 5.33. The van der Waals surface area contributed by atoms with Gasteiger partial charge in [0.1, 0.15) is 6.17 Å². The summed E-state index contributed by atoms with van der Waals surface area (Å²) >= 11 is 0. The van der Waals surface area contributed by atoms with Crippen molar-refractivity contribution in [2.24, 2.45) is 5.92 Å². The van der Waals surface area contributed by atoms with Crippen molar-refractivity contribution in [3.05, 3.63) is 29.5 Å². The van der Waals surface area contributed by atoms with E-state index < -0.39 is 6.17 Å². The van der Waals surface area contributed by atoms with Gasteiger partial charge in [-0.2, -0.15) is 0 Å². The second-order valence-electron chi connectivity index (χ2n) is 7.43. The molecule has 1 aromatic heterocycles. The van der Waals surface area contributed by atoms with Gasteiger partial charge in [-0.15, -0.1) is 0 Å². The Balaban J connectivity index is 1.68. The van der Waals surface area contributed by atoms with Crippen molar-refractivity contribution in [1.82, 2.24) is 4.90 Å². The molecule has 0 spiro atoms. The molecular formula is C21H25FN2O. The summed E-state index contributed by atoms with van der Waals surface area (Å²) in [6.07, 6.45) is 3.54. The number of hydrogen-bond donors (Lipinski definition) is 1. The molecule has 2 heterocycles. The highest BCUT2D eigenvalue weighted by Gasteiger charge is 2.29. The molecule has 0 unspecified atom stereocenters. The smallest absolute Gasteiger partial charge is 0.181 e. The van der Waals surface area contributed by atoms with Crippen LogP contribution in [0.1, 0.15) is 37.5 Å². The van der Waals surface area contributed by atoms with Gasteiger partial charge in [-0.05, 0) is 57.6 Å². The van der Waals surface area contributed by atoms with E-state index in [9.17, 15) is 4.39 Å². The molecule has 2 fully saturated rings. The van der Waals surface area contributed by atoms with E-state index in [1.807, 2.05) is 31.0 Å². The third kappa shape index (κ3) is 3.39. The van der Waals surface area contributed by atoms with E-state index in [-0.39, 0.29) is 6.04 Å². The first kappa shape index (κ1) is 16.5. The molecule has 1 saturated heterocycles. The van der Waals surface area contributed by atoms with Gasteiger partial charge in [0.25, 0.3) is 0 Å². The molecule has 132 valence electrons. The van der Waals surface area contributed by atoms with E-state index in [1.165, 1.54) is 18.4 Å². The van der Waals surface area contributed by atoms with Crippen LogP contribution in [0, 0.1) is 17.8 Å². The molecule has 3 nitrogen and oxygen atoms in total. The van der Waals surface area contributed by atoms with Crippen LogP contribution in [-0.4, -0.2) is 37.3 Å². The third-order valence-corrected chi connectivity index (χ3v) is 5.33. The lowest BCUT2D eigenvalue weighted by Gasteiger charge is -2.33. The molecule has 2 aromatic rings. The van der Waals surface area contributed by atoms with Gasteiger partial charge < -0.3 is 14.6 Å². The zero-order chi connectivity index (χ0) is 17.4. The minimum Gasteiger partial charge on any atom is -0.445 e. The first-order valence-electron chi connectivity index (χ1n) is 9.22. The zero-order valence-electron chi connectivity index (χ0n) is 14.9. The highest BCUT2D eigenvalue weighted by Crippen LogP contribution is 2.39. The molecule has 4 rings (SSSR count). The Labute approximate surface area is 148 Å². The van der Waals surface area contributed by atoms with E-state index in [2.05, 4.69) is 23.2 Å². The Morgan fingerprint density at radius 2 is 2.16 bits per heavy atom. The van der Waals surface area contributed by atoms with E-state index in [4.69, 9.17) is 4.42 Å². The average Bonchev–Trinajstić information content (AvgIpc) is 3.34. The number of furan rings is 1. The monoisotopic (exact) mass is 340 g/mol. The minimum absolute atomic E-state index is 0.167. The van der Waals surface area contributed by atoms with Crippen molar-refractivity contribution < 1.29 is 8.81 Å². The Morgan fingerprint density at radius 3 is 2.88 bits per heavy atom. The number of hydrogen-bond acceptors (Lipinski definition) is 3. The van der Waals surface area contributed by atoms with Gasteiger partial charge >= 0.3 is 0 Å². The van der Waals surface area contributed by atoms with Crippen LogP contribution in [0.2, 0.25) is 0 Å². The fourth-order valence-electron chi connectivity index (χ4n) is 3.73. The van der Waals surface area contributed by atoms with E-state index in [0.717, 1.165) is 47.7 Å². The summed E-state index contributed by atoms with van der Waals surface area (Å²) in [7, 11) is 1.97. The lowest BCUT2D eigenvalue weighted by Crippen LogP contribution is -2.46. The largest absolute Gasteiger partial charge is 0.445 e. The molecule has 25 heavy (non-hydrogen) atoms. The molecule has 1 N–H and O–H groups in total. The van der Waals surface area contributed by atoms with Crippen molar-refractivity contribution in [3.8, 4) is 11.8 Å². The number of fused-ring (bicyclic) bond motifs is 1. The number of para-hydroxylation sites is 1. The van der Waals surface area contributed by atoms with Crippen LogP contribution in [0.5, 0.6) is 0 Å². The number of nitrogens with zero attached hydrogens (tertiary/aromatic N) is 1. The standard InChI is InChI=1S/C21H25FN2O/c1-3-5-20-16(12-14-8-9-14)15-6-4-7-19(21(15)25-20)23-18-10-11-24(2)13-17(18)22/h4,6-7,14,17-18,23H,8-13H2,1-2H3/t17-,18-/m1/s1. The fraction of sp³-hybridized carbons (Fsp3) is 0.524. The van der Waals surface area contributed by atoms with Crippen LogP contribution in [-0.2, 0) is 6.42 Å². The number of nitrogens with one attached hydrogen (secondary N) is 1. The number of anilines is 1. The van der Waals surface area contributed by atoms with E-state index >= 15 is 0 Å². The van der Waals surface area contributed by atoms with Crippen LogP contribution in [0.15, 0.2) is 22.6 Å². The summed E-state index contributed by atoms with van der Waals surface area (Å²) < 4.78 is 20.5. The zero-order valence-corrected chi connectivity index (χ0v) is 14.9. The lowest BCUT2D eigenvalue weighted by molar-refractivity contribution is 0.149.